The van der Waals surface area contributed by atoms with Gasteiger partial charge in [-0.25, -0.2) is 0 Å². The molecule has 0 unspecified atom stereocenters. The third kappa shape index (κ3) is 4.38. The van der Waals surface area contributed by atoms with Gasteiger partial charge in [0.05, 0.1) is 22.7 Å². The molecule has 0 saturated carbocycles. The smallest absolute Gasteiger partial charge is 0.291 e. The molecule has 7 heteroatoms. The minimum absolute atomic E-state index is 0.217. The van der Waals surface area contributed by atoms with Crippen molar-refractivity contribution in [1.82, 2.24) is 0 Å². The van der Waals surface area contributed by atoms with Gasteiger partial charge in [-0.15, -0.1) is 11.3 Å². The molecule has 0 spiro atoms. The quantitative estimate of drug-likeness (QED) is 0.647. The molecule has 26 heavy (non-hydrogen) atoms. The van der Waals surface area contributed by atoms with Crippen LogP contribution in [0.4, 0.5) is 10.7 Å². The SMILES string of the molecule is CCOCc1ccccc1NC(=O)c1ccc(NC(=O)c2ccco2)s1. The second kappa shape index (κ2) is 8.46. The van der Waals surface area contributed by atoms with Crippen LogP contribution in [0.3, 0.4) is 0 Å². The molecule has 6 nitrogen and oxygen atoms in total. The zero-order valence-electron chi connectivity index (χ0n) is 14.2. The van der Waals surface area contributed by atoms with Crippen LogP contribution in [0.15, 0.2) is 59.2 Å². The summed E-state index contributed by atoms with van der Waals surface area (Å²) in [5, 5.41) is 6.17. The number of hydrogen-bond donors (Lipinski definition) is 2. The van der Waals surface area contributed by atoms with E-state index in [1.807, 2.05) is 31.2 Å². The molecule has 0 aliphatic heterocycles. The van der Waals surface area contributed by atoms with Crippen LogP contribution in [0.2, 0.25) is 0 Å². The lowest BCUT2D eigenvalue weighted by atomic mass is 10.2. The summed E-state index contributed by atoms with van der Waals surface area (Å²) in [4.78, 5) is 25.0. The highest BCUT2D eigenvalue weighted by atomic mass is 32.1. The fourth-order valence-electron chi connectivity index (χ4n) is 2.27. The van der Waals surface area contributed by atoms with E-state index in [0.29, 0.717) is 28.8 Å². The van der Waals surface area contributed by atoms with Crippen LogP contribution in [-0.2, 0) is 11.3 Å². The summed E-state index contributed by atoms with van der Waals surface area (Å²) < 4.78 is 10.5. The van der Waals surface area contributed by atoms with Gasteiger partial charge in [0.15, 0.2) is 5.76 Å². The van der Waals surface area contributed by atoms with Gasteiger partial charge < -0.3 is 19.8 Å². The highest BCUT2D eigenvalue weighted by Crippen LogP contribution is 2.24. The molecule has 0 bridgehead atoms. The Morgan fingerprint density at radius 1 is 1.04 bits per heavy atom. The van der Waals surface area contributed by atoms with Crippen molar-refractivity contribution in [3.63, 3.8) is 0 Å². The van der Waals surface area contributed by atoms with Crippen LogP contribution < -0.4 is 10.6 Å². The van der Waals surface area contributed by atoms with Crippen LogP contribution in [0.25, 0.3) is 0 Å². The largest absolute Gasteiger partial charge is 0.459 e. The number of para-hydroxylation sites is 1. The van der Waals surface area contributed by atoms with Crippen molar-refractivity contribution >= 4 is 33.8 Å². The summed E-state index contributed by atoms with van der Waals surface area (Å²) in [6, 6.07) is 14.1. The summed E-state index contributed by atoms with van der Waals surface area (Å²) in [6.45, 7) is 2.96. The van der Waals surface area contributed by atoms with Gasteiger partial charge in [0.1, 0.15) is 0 Å². The normalized spacial score (nSPS) is 10.5. The van der Waals surface area contributed by atoms with E-state index in [-0.39, 0.29) is 17.6 Å². The molecule has 0 radical (unpaired) electrons. The van der Waals surface area contributed by atoms with Crippen molar-refractivity contribution in [2.75, 3.05) is 17.2 Å². The third-order valence-corrected chi connectivity index (χ3v) is 4.54. The van der Waals surface area contributed by atoms with Crippen LogP contribution in [-0.4, -0.2) is 18.4 Å². The summed E-state index contributed by atoms with van der Waals surface area (Å²) in [6.07, 6.45) is 1.43. The van der Waals surface area contributed by atoms with Gasteiger partial charge in [0.25, 0.3) is 11.8 Å². The van der Waals surface area contributed by atoms with Gasteiger partial charge in [-0.2, -0.15) is 0 Å². The van der Waals surface area contributed by atoms with Crippen molar-refractivity contribution in [3.05, 3.63) is 71.0 Å². The van der Waals surface area contributed by atoms with Gasteiger partial charge in [-0.3, -0.25) is 9.59 Å². The van der Waals surface area contributed by atoms with Crippen molar-refractivity contribution in [1.29, 1.82) is 0 Å². The number of furan rings is 1. The summed E-state index contributed by atoms with van der Waals surface area (Å²) in [5.41, 5.74) is 1.62. The first kappa shape index (κ1) is 17.9. The standard InChI is InChI=1S/C19H18N2O4S/c1-2-24-12-13-6-3-4-7-14(13)20-19(23)16-9-10-17(26-16)21-18(22)15-8-5-11-25-15/h3-11H,2,12H2,1H3,(H,20,23)(H,21,22). The Bertz CT molecular complexity index is 887. The second-order valence-corrected chi connectivity index (χ2v) is 6.43. The van der Waals surface area contributed by atoms with E-state index in [2.05, 4.69) is 10.6 Å². The highest BCUT2D eigenvalue weighted by Gasteiger charge is 2.14. The van der Waals surface area contributed by atoms with E-state index in [4.69, 9.17) is 9.15 Å². The first-order valence-electron chi connectivity index (χ1n) is 8.09. The second-order valence-electron chi connectivity index (χ2n) is 5.34. The van der Waals surface area contributed by atoms with E-state index < -0.39 is 0 Å². The number of thiophene rings is 1. The van der Waals surface area contributed by atoms with Gasteiger partial charge >= 0.3 is 0 Å². The lowest BCUT2D eigenvalue weighted by molar-refractivity contribution is 0.0995. The van der Waals surface area contributed by atoms with Gasteiger partial charge in [0, 0.05) is 17.9 Å². The maximum atomic E-state index is 12.5. The minimum Gasteiger partial charge on any atom is -0.459 e. The molecule has 3 rings (SSSR count). The monoisotopic (exact) mass is 370 g/mol. The summed E-state index contributed by atoms with van der Waals surface area (Å²) >= 11 is 1.19. The Labute approximate surface area is 154 Å². The molecule has 0 fully saturated rings. The molecule has 134 valence electrons. The Hall–Kier alpha value is -2.90. The number of ether oxygens (including phenoxy) is 1. The zero-order valence-corrected chi connectivity index (χ0v) is 15.0. The van der Waals surface area contributed by atoms with Gasteiger partial charge in [-0.1, -0.05) is 18.2 Å². The number of benzene rings is 1. The molecule has 2 aromatic heterocycles. The van der Waals surface area contributed by atoms with Crippen molar-refractivity contribution in [2.45, 2.75) is 13.5 Å². The van der Waals surface area contributed by atoms with Crippen molar-refractivity contribution < 1.29 is 18.7 Å². The lowest BCUT2D eigenvalue weighted by Gasteiger charge is -2.10. The zero-order chi connectivity index (χ0) is 18.4. The van der Waals surface area contributed by atoms with E-state index >= 15 is 0 Å². The molecular formula is C19H18N2O4S. The molecule has 0 aliphatic carbocycles. The molecule has 1 aromatic carbocycles. The molecule has 3 aromatic rings. The Morgan fingerprint density at radius 2 is 1.88 bits per heavy atom. The van der Waals surface area contributed by atoms with E-state index in [1.165, 1.54) is 17.6 Å². The van der Waals surface area contributed by atoms with E-state index in [9.17, 15) is 9.59 Å². The number of anilines is 2. The fraction of sp³-hybridized carbons (Fsp3) is 0.158. The first-order chi connectivity index (χ1) is 12.7. The maximum absolute atomic E-state index is 12.5. The van der Waals surface area contributed by atoms with Crippen molar-refractivity contribution in [3.8, 4) is 0 Å². The minimum atomic E-state index is -0.356. The third-order valence-electron chi connectivity index (χ3n) is 3.54. The van der Waals surface area contributed by atoms with Crippen LogP contribution in [0.5, 0.6) is 0 Å². The number of hydrogen-bond acceptors (Lipinski definition) is 5. The molecule has 0 aliphatic rings. The fourth-order valence-corrected chi connectivity index (χ4v) is 3.07. The predicted molar refractivity (Wildman–Crippen MR) is 101 cm³/mol. The molecular weight excluding hydrogens is 352 g/mol. The van der Waals surface area contributed by atoms with Crippen LogP contribution in [0, 0.1) is 0 Å². The molecule has 0 saturated heterocycles. The number of carbonyl (C=O) groups excluding carboxylic acids is 2. The Kier molecular flexibility index (Phi) is 5.83. The van der Waals surface area contributed by atoms with Crippen molar-refractivity contribution in [2.24, 2.45) is 0 Å². The molecule has 2 heterocycles. The molecule has 2 amide bonds. The average molecular weight is 370 g/mol. The lowest BCUT2D eigenvalue weighted by Crippen LogP contribution is -2.12. The molecule has 0 atom stereocenters. The van der Waals surface area contributed by atoms with Gasteiger partial charge in [0.2, 0.25) is 0 Å². The molecule has 2 N–H and O–H groups in total. The maximum Gasteiger partial charge on any atom is 0.291 e. The highest BCUT2D eigenvalue weighted by molar-refractivity contribution is 7.18. The number of nitrogens with one attached hydrogen (secondary N) is 2. The number of carbonyl (C=O) groups is 2. The average Bonchev–Trinajstić information content (AvgIpc) is 3.33. The summed E-state index contributed by atoms with van der Waals surface area (Å²) in [7, 11) is 0. The van der Waals surface area contributed by atoms with E-state index in [0.717, 1.165) is 5.56 Å². The summed E-state index contributed by atoms with van der Waals surface area (Å²) in [5.74, 6) is -0.377. The number of amides is 2. The predicted octanol–water partition coefficient (Wildman–Crippen LogP) is 4.38. The van der Waals surface area contributed by atoms with E-state index in [1.54, 1.807) is 24.3 Å². The van der Waals surface area contributed by atoms with Gasteiger partial charge in [-0.05, 0) is 37.3 Å². The van der Waals surface area contributed by atoms with Crippen LogP contribution >= 0.6 is 11.3 Å². The Morgan fingerprint density at radius 3 is 2.65 bits per heavy atom. The van der Waals surface area contributed by atoms with Crippen LogP contribution in [0.1, 0.15) is 32.7 Å². The first-order valence-corrected chi connectivity index (χ1v) is 8.90. The Balaban J connectivity index is 1.66. The topological polar surface area (TPSA) is 80.6 Å². The number of rotatable bonds is 7.